The maximum atomic E-state index is 11.9. The van der Waals surface area contributed by atoms with Crippen LogP contribution < -0.4 is 5.32 Å². The van der Waals surface area contributed by atoms with Gasteiger partial charge in [0.1, 0.15) is 5.60 Å². The number of amides is 1. The van der Waals surface area contributed by atoms with Crippen LogP contribution in [0.2, 0.25) is 0 Å². The van der Waals surface area contributed by atoms with Gasteiger partial charge >= 0.3 is 6.09 Å². The average molecular weight is 261 g/mol. The van der Waals surface area contributed by atoms with E-state index in [-0.39, 0.29) is 12.0 Å². The molecule has 1 aromatic carbocycles. The van der Waals surface area contributed by atoms with Gasteiger partial charge < -0.3 is 10.1 Å². The number of carbonyl (C=O) groups is 1. The van der Waals surface area contributed by atoms with E-state index in [1.165, 1.54) is 0 Å². The summed E-state index contributed by atoms with van der Waals surface area (Å²) in [6.07, 6.45) is 1.42. The highest BCUT2D eigenvalue weighted by atomic mass is 16.6. The second-order valence-corrected chi connectivity index (χ2v) is 5.63. The van der Waals surface area contributed by atoms with Gasteiger partial charge in [0.15, 0.2) is 0 Å². The van der Waals surface area contributed by atoms with Crippen molar-refractivity contribution in [1.82, 2.24) is 5.32 Å². The molecule has 3 heteroatoms. The fourth-order valence-corrected chi connectivity index (χ4v) is 1.75. The molecule has 1 N–H and O–H groups in total. The number of ether oxygens (including phenoxy) is 1. The number of hydrogen-bond acceptors (Lipinski definition) is 2. The molecule has 1 aromatic rings. The molecule has 104 valence electrons. The maximum Gasteiger partial charge on any atom is 0.408 e. The topological polar surface area (TPSA) is 38.3 Å². The van der Waals surface area contributed by atoms with E-state index >= 15 is 0 Å². The summed E-state index contributed by atoms with van der Waals surface area (Å²) < 4.78 is 5.30. The number of alkyl carbamates (subject to hydrolysis) is 1. The van der Waals surface area contributed by atoms with Crippen molar-refractivity contribution in [2.75, 3.05) is 0 Å². The predicted molar refractivity (Wildman–Crippen MR) is 77.9 cm³/mol. The van der Waals surface area contributed by atoms with Crippen LogP contribution in [-0.4, -0.2) is 11.7 Å². The van der Waals surface area contributed by atoms with Crippen LogP contribution in [0.1, 0.15) is 39.3 Å². The van der Waals surface area contributed by atoms with Crippen LogP contribution in [0.3, 0.4) is 0 Å². The van der Waals surface area contributed by atoms with E-state index in [0.717, 1.165) is 5.56 Å². The van der Waals surface area contributed by atoms with E-state index in [2.05, 4.69) is 11.9 Å². The first-order chi connectivity index (χ1) is 8.83. The Hall–Kier alpha value is -1.77. The van der Waals surface area contributed by atoms with Gasteiger partial charge in [-0.1, -0.05) is 43.3 Å². The molecular formula is C16H23NO2. The van der Waals surface area contributed by atoms with Crippen LogP contribution in [0.4, 0.5) is 4.79 Å². The Morgan fingerprint density at radius 2 is 1.89 bits per heavy atom. The van der Waals surface area contributed by atoms with Gasteiger partial charge in [-0.2, -0.15) is 0 Å². The highest BCUT2D eigenvalue weighted by Gasteiger charge is 2.23. The summed E-state index contributed by atoms with van der Waals surface area (Å²) in [6, 6.07) is 9.70. The van der Waals surface area contributed by atoms with Gasteiger partial charge in [-0.3, -0.25) is 0 Å². The van der Waals surface area contributed by atoms with Gasteiger partial charge in [0.05, 0.1) is 6.04 Å². The molecule has 19 heavy (non-hydrogen) atoms. The molecule has 0 aromatic heterocycles. The average Bonchev–Trinajstić information content (AvgIpc) is 2.34. The van der Waals surface area contributed by atoms with E-state index in [1.807, 2.05) is 64.1 Å². The summed E-state index contributed by atoms with van der Waals surface area (Å²) in [4.78, 5) is 11.9. The first kappa shape index (κ1) is 15.3. The number of carbonyl (C=O) groups excluding carboxylic acids is 1. The fourth-order valence-electron chi connectivity index (χ4n) is 1.75. The van der Waals surface area contributed by atoms with Gasteiger partial charge in [-0.25, -0.2) is 4.79 Å². The lowest BCUT2D eigenvalue weighted by atomic mass is 9.95. The van der Waals surface area contributed by atoms with Crippen LogP contribution in [0, 0.1) is 5.92 Å². The maximum absolute atomic E-state index is 11.9. The van der Waals surface area contributed by atoms with E-state index in [4.69, 9.17) is 4.74 Å². The third-order valence-electron chi connectivity index (χ3n) is 2.73. The van der Waals surface area contributed by atoms with Crippen molar-refractivity contribution in [3.05, 3.63) is 48.6 Å². The Kier molecular flexibility index (Phi) is 5.16. The number of hydrogen-bond donors (Lipinski definition) is 1. The Morgan fingerprint density at radius 3 is 2.37 bits per heavy atom. The van der Waals surface area contributed by atoms with E-state index in [0.29, 0.717) is 0 Å². The van der Waals surface area contributed by atoms with Crippen molar-refractivity contribution in [2.24, 2.45) is 5.92 Å². The van der Waals surface area contributed by atoms with Gasteiger partial charge in [-0.15, -0.1) is 6.58 Å². The summed E-state index contributed by atoms with van der Waals surface area (Å²) in [7, 11) is 0. The quantitative estimate of drug-likeness (QED) is 0.829. The standard InChI is InChI=1S/C16H23NO2/c1-6-12(2)14(13-10-8-7-9-11-13)17-15(18)19-16(3,4)5/h6-12,14H,1H2,2-5H3,(H,17,18)/t12-,14+/m1/s1. The lowest BCUT2D eigenvalue weighted by Gasteiger charge is -2.26. The largest absolute Gasteiger partial charge is 0.444 e. The molecule has 0 aliphatic carbocycles. The molecule has 1 rings (SSSR count). The van der Waals surface area contributed by atoms with E-state index in [1.54, 1.807) is 0 Å². The molecule has 0 bridgehead atoms. The first-order valence-electron chi connectivity index (χ1n) is 6.50. The molecule has 0 radical (unpaired) electrons. The monoisotopic (exact) mass is 261 g/mol. The molecule has 0 fully saturated rings. The van der Waals surface area contributed by atoms with Gasteiger partial charge in [0.2, 0.25) is 0 Å². The van der Waals surface area contributed by atoms with Crippen molar-refractivity contribution in [3.63, 3.8) is 0 Å². The van der Waals surface area contributed by atoms with Crippen molar-refractivity contribution >= 4 is 6.09 Å². The van der Waals surface area contributed by atoms with Crippen molar-refractivity contribution in [2.45, 2.75) is 39.3 Å². The SMILES string of the molecule is C=C[C@@H](C)[C@H](NC(=O)OC(C)(C)C)c1ccccc1. The molecular weight excluding hydrogens is 238 g/mol. The summed E-state index contributed by atoms with van der Waals surface area (Å²) >= 11 is 0. The molecule has 1 amide bonds. The van der Waals surface area contributed by atoms with Crippen LogP contribution in [0.15, 0.2) is 43.0 Å². The second kappa shape index (κ2) is 6.41. The molecule has 0 saturated heterocycles. The summed E-state index contributed by atoms with van der Waals surface area (Å²) in [5, 5.41) is 2.91. The normalized spacial score (nSPS) is 14.3. The molecule has 0 aliphatic rings. The number of nitrogens with one attached hydrogen (secondary N) is 1. The minimum Gasteiger partial charge on any atom is -0.444 e. The third kappa shape index (κ3) is 5.16. The minimum atomic E-state index is -0.497. The second-order valence-electron chi connectivity index (χ2n) is 5.63. The molecule has 0 unspecified atom stereocenters. The molecule has 0 aliphatic heterocycles. The zero-order valence-corrected chi connectivity index (χ0v) is 12.1. The van der Waals surface area contributed by atoms with E-state index in [9.17, 15) is 4.79 Å². The summed E-state index contributed by atoms with van der Waals surface area (Å²) in [5.41, 5.74) is 0.545. The van der Waals surface area contributed by atoms with Crippen LogP contribution in [0.5, 0.6) is 0 Å². The fraction of sp³-hybridized carbons (Fsp3) is 0.438. The first-order valence-corrected chi connectivity index (χ1v) is 6.50. The molecule has 0 spiro atoms. The zero-order valence-electron chi connectivity index (χ0n) is 12.1. The van der Waals surface area contributed by atoms with Crippen LogP contribution in [-0.2, 0) is 4.74 Å². The zero-order chi connectivity index (χ0) is 14.5. The Bertz CT molecular complexity index is 420. The molecule has 0 saturated carbocycles. The van der Waals surface area contributed by atoms with Gasteiger partial charge in [-0.05, 0) is 32.3 Å². The third-order valence-corrected chi connectivity index (χ3v) is 2.73. The van der Waals surface area contributed by atoms with Gasteiger partial charge in [0.25, 0.3) is 0 Å². The minimum absolute atomic E-state index is 0.120. The molecule has 3 nitrogen and oxygen atoms in total. The van der Waals surface area contributed by atoms with Crippen LogP contribution >= 0.6 is 0 Å². The number of benzene rings is 1. The predicted octanol–water partition coefficient (Wildman–Crippen LogP) is 4.07. The van der Waals surface area contributed by atoms with E-state index < -0.39 is 11.7 Å². The van der Waals surface area contributed by atoms with Crippen molar-refractivity contribution < 1.29 is 9.53 Å². The lowest BCUT2D eigenvalue weighted by molar-refractivity contribution is 0.0493. The van der Waals surface area contributed by atoms with Crippen LogP contribution in [0.25, 0.3) is 0 Å². The van der Waals surface area contributed by atoms with Crippen molar-refractivity contribution in [3.8, 4) is 0 Å². The Morgan fingerprint density at radius 1 is 1.32 bits per heavy atom. The summed E-state index contributed by atoms with van der Waals surface area (Å²) in [5.74, 6) is 0.120. The molecule has 2 atom stereocenters. The summed E-state index contributed by atoms with van der Waals surface area (Å²) in [6.45, 7) is 11.4. The Balaban J connectivity index is 2.82. The number of rotatable bonds is 4. The highest BCUT2D eigenvalue weighted by molar-refractivity contribution is 5.68. The smallest absolute Gasteiger partial charge is 0.408 e. The van der Waals surface area contributed by atoms with Gasteiger partial charge in [0, 0.05) is 0 Å². The lowest BCUT2D eigenvalue weighted by Crippen LogP contribution is -2.37. The Labute approximate surface area is 115 Å². The van der Waals surface area contributed by atoms with Crippen molar-refractivity contribution in [1.29, 1.82) is 0 Å². The molecule has 0 heterocycles. The highest BCUT2D eigenvalue weighted by Crippen LogP contribution is 2.23.